The number of carbonyl (C=O) groups excluding carboxylic acids is 1. The predicted molar refractivity (Wildman–Crippen MR) is 111 cm³/mol. The molecule has 1 aromatic heterocycles. The smallest absolute Gasteiger partial charge is 0.239 e. The molecule has 0 saturated heterocycles. The average molecular weight is 439 g/mol. The van der Waals surface area contributed by atoms with E-state index in [1.54, 1.807) is 18.5 Å². The van der Waals surface area contributed by atoms with Crippen LogP contribution in [0, 0.1) is 0 Å². The van der Waals surface area contributed by atoms with Crippen LogP contribution in [-0.4, -0.2) is 31.3 Å². The van der Waals surface area contributed by atoms with Crippen molar-refractivity contribution < 1.29 is 17.9 Å². The largest absolute Gasteiger partial charge is 0.488 e. The van der Waals surface area contributed by atoms with E-state index in [4.69, 9.17) is 27.9 Å². The first-order chi connectivity index (χ1) is 13.2. The van der Waals surface area contributed by atoms with Gasteiger partial charge in [0.1, 0.15) is 18.1 Å². The molecule has 0 atom stereocenters. The second-order valence-corrected chi connectivity index (χ2v) is 9.07. The first kappa shape index (κ1) is 20.4. The van der Waals surface area contributed by atoms with Crippen molar-refractivity contribution >= 4 is 55.4 Å². The van der Waals surface area contributed by atoms with Gasteiger partial charge in [-0.2, -0.15) is 0 Å². The molecular weight excluding hydrogens is 423 g/mol. The maximum atomic E-state index is 11.9. The Morgan fingerprint density at radius 2 is 1.96 bits per heavy atom. The van der Waals surface area contributed by atoms with Crippen molar-refractivity contribution in [2.45, 2.75) is 6.61 Å². The SMILES string of the molecule is CS(=O)(=O)CC(=O)Nc1ccc(Cl)c(COc2cccc3cnccc23)c1Cl. The molecule has 28 heavy (non-hydrogen) atoms. The zero-order valence-electron chi connectivity index (χ0n) is 14.8. The summed E-state index contributed by atoms with van der Waals surface area (Å²) in [6, 6.07) is 10.5. The number of carbonyl (C=O) groups is 1. The monoisotopic (exact) mass is 438 g/mol. The van der Waals surface area contributed by atoms with Crippen LogP contribution >= 0.6 is 23.2 Å². The third kappa shape index (κ3) is 4.92. The lowest BCUT2D eigenvalue weighted by atomic mass is 10.1. The molecule has 1 N–H and O–H groups in total. The summed E-state index contributed by atoms with van der Waals surface area (Å²) in [5.41, 5.74) is 0.743. The fourth-order valence-corrected chi connectivity index (χ4v) is 3.69. The Labute approximate surface area is 172 Å². The van der Waals surface area contributed by atoms with Gasteiger partial charge in [-0.05, 0) is 24.3 Å². The summed E-state index contributed by atoms with van der Waals surface area (Å²) >= 11 is 12.6. The zero-order chi connectivity index (χ0) is 20.3. The first-order valence-corrected chi connectivity index (χ1v) is 11.0. The molecule has 0 radical (unpaired) electrons. The van der Waals surface area contributed by atoms with Gasteiger partial charge in [0.15, 0.2) is 9.84 Å². The Bertz CT molecular complexity index is 1140. The number of rotatable bonds is 6. The summed E-state index contributed by atoms with van der Waals surface area (Å²) in [7, 11) is -3.45. The maximum Gasteiger partial charge on any atom is 0.239 e. The Morgan fingerprint density at radius 1 is 1.18 bits per heavy atom. The molecule has 1 amide bonds. The van der Waals surface area contributed by atoms with E-state index in [9.17, 15) is 13.2 Å². The standard InChI is InChI=1S/C19H16Cl2N2O4S/c1-28(25,26)11-18(24)23-16-6-5-15(20)14(19(16)21)10-27-17-4-2-3-12-9-22-8-7-13(12)17/h2-9H,10-11H2,1H3,(H,23,24). The molecule has 3 aromatic rings. The van der Waals surface area contributed by atoms with Gasteiger partial charge in [-0.1, -0.05) is 35.3 Å². The van der Waals surface area contributed by atoms with Crippen LogP contribution in [0.3, 0.4) is 0 Å². The van der Waals surface area contributed by atoms with E-state index in [2.05, 4.69) is 10.3 Å². The maximum absolute atomic E-state index is 11.9. The highest BCUT2D eigenvalue weighted by Crippen LogP contribution is 2.33. The number of ether oxygens (including phenoxy) is 1. The molecule has 0 spiro atoms. The summed E-state index contributed by atoms with van der Waals surface area (Å²) in [5, 5.41) is 4.87. The first-order valence-electron chi connectivity index (χ1n) is 8.14. The van der Waals surface area contributed by atoms with Crippen molar-refractivity contribution in [3.05, 3.63) is 64.4 Å². The molecular formula is C19H16Cl2N2O4S. The van der Waals surface area contributed by atoms with E-state index in [1.165, 1.54) is 6.07 Å². The molecule has 0 aliphatic rings. The van der Waals surface area contributed by atoms with E-state index in [0.717, 1.165) is 17.0 Å². The molecule has 0 aliphatic heterocycles. The molecule has 3 rings (SSSR count). The molecule has 146 valence electrons. The van der Waals surface area contributed by atoms with Gasteiger partial charge in [0.2, 0.25) is 5.91 Å². The van der Waals surface area contributed by atoms with Gasteiger partial charge in [0, 0.05) is 40.0 Å². The van der Waals surface area contributed by atoms with Gasteiger partial charge < -0.3 is 10.1 Å². The lowest BCUT2D eigenvalue weighted by molar-refractivity contribution is -0.113. The zero-order valence-corrected chi connectivity index (χ0v) is 17.1. The number of fused-ring (bicyclic) bond motifs is 1. The predicted octanol–water partition coefficient (Wildman–Crippen LogP) is 4.10. The van der Waals surface area contributed by atoms with Crippen LogP contribution in [0.25, 0.3) is 10.8 Å². The van der Waals surface area contributed by atoms with Gasteiger partial charge in [-0.25, -0.2) is 8.42 Å². The third-order valence-corrected chi connectivity index (χ3v) is 5.44. The number of nitrogens with zero attached hydrogens (tertiary/aromatic N) is 1. The number of hydrogen-bond acceptors (Lipinski definition) is 5. The van der Waals surface area contributed by atoms with Crippen LogP contribution < -0.4 is 10.1 Å². The summed E-state index contributed by atoms with van der Waals surface area (Å²) in [6.07, 6.45) is 4.39. The second kappa shape index (κ2) is 8.34. The van der Waals surface area contributed by atoms with Gasteiger partial charge in [-0.3, -0.25) is 9.78 Å². The minimum atomic E-state index is -3.45. The Kier molecular flexibility index (Phi) is 6.07. The number of amides is 1. The van der Waals surface area contributed by atoms with Crippen molar-refractivity contribution in [2.24, 2.45) is 0 Å². The fraction of sp³-hybridized carbons (Fsp3) is 0.158. The molecule has 0 saturated carbocycles. The summed E-state index contributed by atoms with van der Waals surface area (Å²) < 4.78 is 28.4. The minimum absolute atomic E-state index is 0.0644. The highest BCUT2D eigenvalue weighted by molar-refractivity contribution is 7.91. The Morgan fingerprint density at radius 3 is 2.71 bits per heavy atom. The summed E-state index contributed by atoms with van der Waals surface area (Å²) in [6.45, 7) is 0.0644. The van der Waals surface area contributed by atoms with Gasteiger partial charge >= 0.3 is 0 Å². The second-order valence-electron chi connectivity index (χ2n) is 6.15. The Hall–Kier alpha value is -2.35. The van der Waals surface area contributed by atoms with Gasteiger partial charge in [0.05, 0.1) is 10.7 Å². The van der Waals surface area contributed by atoms with Crippen molar-refractivity contribution in [1.82, 2.24) is 4.98 Å². The third-order valence-electron chi connectivity index (χ3n) is 3.87. The molecule has 0 aliphatic carbocycles. The summed E-state index contributed by atoms with van der Waals surface area (Å²) in [5.74, 6) is -0.680. The molecule has 2 aromatic carbocycles. The number of pyridine rings is 1. The van der Waals surface area contributed by atoms with Crippen LogP contribution in [-0.2, 0) is 21.2 Å². The van der Waals surface area contributed by atoms with E-state index >= 15 is 0 Å². The molecule has 6 nitrogen and oxygen atoms in total. The van der Waals surface area contributed by atoms with E-state index < -0.39 is 21.5 Å². The van der Waals surface area contributed by atoms with Gasteiger partial charge in [0.25, 0.3) is 0 Å². The van der Waals surface area contributed by atoms with Crippen molar-refractivity contribution in [3.63, 3.8) is 0 Å². The highest BCUT2D eigenvalue weighted by Gasteiger charge is 2.16. The van der Waals surface area contributed by atoms with Crippen molar-refractivity contribution in [3.8, 4) is 5.75 Å². The van der Waals surface area contributed by atoms with E-state index in [1.807, 2.05) is 24.3 Å². The number of aromatic nitrogens is 1. The topological polar surface area (TPSA) is 85.4 Å². The Balaban J connectivity index is 1.83. The number of halogens is 2. The normalized spacial score (nSPS) is 11.4. The van der Waals surface area contributed by atoms with Crippen LogP contribution in [0.4, 0.5) is 5.69 Å². The van der Waals surface area contributed by atoms with Gasteiger partial charge in [-0.15, -0.1) is 0 Å². The highest BCUT2D eigenvalue weighted by atomic mass is 35.5. The lowest BCUT2D eigenvalue weighted by Crippen LogP contribution is -2.22. The molecule has 0 fully saturated rings. The quantitative estimate of drug-likeness (QED) is 0.625. The number of sulfone groups is 1. The van der Waals surface area contributed by atoms with Crippen LogP contribution in [0.5, 0.6) is 5.75 Å². The number of benzene rings is 2. The molecule has 1 heterocycles. The van der Waals surface area contributed by atoms with Crippen LogP contribution in [0.2, 0.25) is 10.0 Å². The molecule has 9 heteroatoms. The van der Waals surface area contributed by atoms with E-state index in [0.29, 0.717) is 16.3 Å². The number of nitrogens with one attached hydrogen (secondary N) is 1. The lowest BCUT2D eigenvalue weighted by Gasteiger charge is -2.14. The average Bonchev–Trinajstić information content (AvgIpc) is 2.62. The van der Waals surface area contributed by atoms with Crippen LogP contribution in [0.15, 0.2) is 48.8 Å². The molecule has 0 unspecified atom stereocenters. The van der Waals surface area contributed by atoms with Crippen molar-refractivity contribution in [2.75, 3.05) is 17.3 Å². The van der Waals surface area contributed by atoms with Crippen LogP contribution in [0.1, 0.15) is 5.56 Å². The number of hydrogen-bond donors (Lipinski definition) is 1. The van der Waals surface area contributed by atoms with Crippen molar-refractivity contribution in [1.29, 1.82) is 0 Å². The minimum Gasteiger partial charge on any atom is -0.488 e. The fourth-order valence-electron chi connectivity index (χ4n) is 2.62. The molecule has 0 bridgehead atoms. The number of anilines is 1. The summed E-state index contributed by atoms with van der Waals surface area (Å²) in [4.78, 5) is 16.0. The van der Waals surface area contributed by atoms with E-state index in [-0.39, 0.29) is 17.3 Å².